The minimum Gasteiger partial charge on any atom is -0.493 e. The molecule has 0 aliphatic heterocycles. The first-order chi connectivity index (χ1) is 13.8. The molecule has 29 heavy (non-hydrogen) atoms. The summed E-state index contributed by atoms with van der Waals surface area (Å²) in [7, 11) is 3.04. The molecule has 6 heteroatoms. The van der Waals surface area contributed by atoms with Crippen LogP contribution in [0.15, 0.2) is 42.5 Å². The fourth-order valence-electron chi connectivity index (χ4n) is 3.09. The molecule has 1 amide bonds. The molecule has 6 nitrogen and oxygen atoms in total. The second-order valence-corrected chi connectivity index (χ2v) is 7.23. The van der Waals surface area contributed by atoms with Crippen molar-refractivity contribution in [1.29, 1.82) is 0 Å². The van der Waals surface area contributed by atoms with Gasteiger partial charge in [0.15, 0.2) is 11.5 Å². The van der Waals surface area contributed by atoms with Gasteiger partial charge < -0.3 is 19.9 Å². The SMILES string of the molecule is COc1ccc(C(CC(=O)O)NC(=O)CCc2ccc(C(C)C)cc2)cc1OC. The lowest BCUT2D eigenvalue weighted by atomic mass is 10.00. The molecule has 156 valence electrons. The van der Waals surface area contributed by atoms with Gasteiger partial charge in [0, 0.05) is 6.42 Å². The molecular formula is C23H29NO5. The number of hydrogen-bond donors (Lipinski definition) is 2. The Morgan fingerprint density at radius 1 is 0.966 bits per heavy atom. The van der Waals surface area contributed by atoms with E-state index in [0.29, 0.717) is 29.4 Å². The van der Waals surface area contributed by atoms with Crippen LogP contribution in [0.1, 0.15) is 55.3 Å². The third-order valence-corrected chi connectivity index (χ3v) is 4.81. The molecule has 0 fully saturated rings. The highest BCUT2D eigenvalue weighted by Crippen LogP contribution is 2.31. The number of ether oxygens (including phenoxy) is 2. The van der Waals surface area contributed by atoms with Crippen molar-refractivity contribution >= 4 is 11.9 Å². The van der Waals surface area contributed by atoms with Gasteiger partial charge in [0.25, 0.3) is 0 Å². The lowest BCUT2D eigenvalue weighted by Crippen LogP contribution is -2.30. The Bertz CT molecular complexity index is 830. The van der Waals surface area contributed by atoms with E-state index in [0.717, 1.165) is 5.56 Å². The smallest absolute Gasteiger partial charge is 0.305 e. The number of methoxy groups -OCH3 is 2. The van der Waals surface area contributed by atoms with E-state index in [9.17, 15) is 14.7 Å². The number of carboxylic acids is 1. The molecule has 0 bridgehead atoms. The maximum Gasteiger partial charge on any atom is 0.305 e. The predicted octanol–water partition coefficient (Wildman–Crippen LogP) is 4.09. The van der Waals surface area contributed by atoms with Gasteiger partial charge in [-0.05, 0) is 41.2 Å². The summed E-state index contributed by atoms with van der Waals surface area (Å²) in [4.78, 5) is 23.8. The van der Waals surface area contributed by atoms with E-state index < -0.39 is 12.0 Å². The fraction of sp³-hybridized carbons (Fsp3) is 0.391. The third-order valence-electron chi connectivity index (χ3n) is 4.81. The molecule has 1 atom stereocenters. The van der Waals surface area contributed by atoms with Crippen LogP contribution in [0, 0.1) is 0 Å². The van der Waals surface area contributed by atoms with Crippen LogP contribution in [-0.4, -0.2) is 31.2 Å². The summed E-state index contributed by atoms with van der Waals surface area (Å²) in [6.45, 7) is 4.28. The number of rotatable bonds is 10. The lowest BCUT2D eigenvalue weighted by molar-refractivity contribution is -0.137. The van der Waals surface area contributed by atoms with Crippen molar-refractivity contribution in [1.82, 2.24) is 5.32 Å². The van der Waals surface area contributed by atoms with Gasteiger partial charge in [0.05, 0.1) is 26.7 Å². The monoisotopic (exact) mass is 399 g/mol. The summed E-state index contributed by atoms with van der Waals surface area (Å²) in [6, 6.07) is 12.7. The van der Waals surface area contributed by atoms with Gasteiger partial charge in [-0.3, -0.25) is 9.59 Å². The Morgan fingerprint density at radius 2 is 1.59 bits per heavy atom. The van der Waals surface area contributed by atoms with Crippen molar-refractivity contribution in [3.63, 3.8) is 0 Å². The van der Waals surface area contributed by atoms with Crippen LogP contribution < -0.4 is 14.8 Å². The molecule has 0 aliphatic carbocycles. The van der Waals surface area contributed by atoms with Gasteiger partial charge in [0.1, 0.15) is 0 Å². The zero-order chi connectivity index (χ0) is 21.4. The topological polar surface area (TPSA) is 84.9 Å². The molecule has 0 radical (unpaired) electrons. The lowest BCUT2D eigenvalue weighted by Gasteiger charge is -2.19. The van der Waals surface area contributed by atoms with E-state index in [1.54, 1.807) is 18.2 Å². The van der Waals surface area contributed by atoms with Gasteiger partial charge in [-0.2, -0.15) is 0 Å². The van der Waals surface area contributed by atoms with Crippen LogP contribution in [0.3, 0.4) is 0 Å². The Kier molecular flexibility index (Phi) is 8.07. The summed E-state index contributed by atoms with van der Waals surface area (Å²) in [5.74, 6) is 0.306. The minimum atomic E-state index is -0.991. The number of carboxylic acid groups (broad SMARTS) is 1. The van der Waals surface area contributed by atoms with E-state index in [1.165, 1.54) is 19.8 Å². The number of aliphatic carboxylic acids is 1. The molecule has 0 aromatic heterocycles. The van der Waals surface area contributed by atoms with E-state index in [-0.39, 0.29) is 18.7 Å². The second-order valence-electron chi connectivity index (χ2n) is 7.23. The Balaban J connectivity index is 2.05. The number of nitrogens with one attached hydrogen (secondary N) is 1. The van der Waals surface area contributed by atoms with E-state index in [4.69, 9.17) is 9.47 Å². The zero-order valence-corrected chi connectivity index (χ0v) is 17.4. The highest BCUT2D eigenvalue weighted by molar-refractivity contribution is 5.78. The van der Waals surface area contributed by atoms with Crippen LogP contribution in [0.5, 0.6) is 11.5 Å². The van der Waals surface area contributed by atoms with Gasteiger partial charge in [0.2, 0.25) is 5.91 Å². The number of benzene rings is 2. The molecule has 0 saturated heterocycles. The minimum absolute atomic E-state index is 0.195. The normalized spacial score (nSPS) is 11.8. The number of amides is 1. The van der Waals surface area contributed by atoms with Crippen LogP contribution in [-0.2, 0) is 16.0 Å². The Morgan fingerprint density at radius 3 is 2.14 bits per heavy atom. The molecule has 2 N–H and O–H groups in total. The molecule has 0 spiro atoms. The first-order valence-electron chi connectivity index (χ1n) is 9.66. The average Bonchev–Trinajstić information content (AvgIpc) is 2.71. The molecule has 0 aliphatic rings. The summed E-state index contributed by atoms with van der Waals surface area (Å²) in [6.07, 6.45) is 0.657. The highest BCUT2D eigenvalue weighted by atomic mass is 16.5. The first-order valence-corrected chi connectivity index (χ1v) is 9.66. The number of aryl methyl sites for hydroxylation is 1. The first kappa shape index (κ1) is 22.3. The number of hydrogen-bond acceptors (Lipinski definition) is 4. The van der Waals surface area contributed by atoms with E-state index >= 15 is 0 Å². The van der Waals surface area contributed by atoms with Crippen LogP contribution in [0.4, 0.5) is 0 Å². The quantitative estimate of drug-likeness (QED) is 0.628. The molecule has 0 heterocycles. The summed E-state index contributed by atoms with van der Waals surface area (Å²) >= 11 is 0. The third kappa shape index (κ3) is 6.52. The standard InChI is InChI=1S/C23H29NO5/c1-15(2)17-8-5-16(6-9-17)7-12-22(25)24-19(14-23(26)27)18-10-11-20(28-3)21(13-18)29-4/h5-6,8-11,13,15,19H,7,12,14H2,1-4H3,(H,24,25)(H,26,27). The summed E-state index contributed by atoms with van der Waals surface area (Å²) in [5, 5.41) is 12.1. The second kappa shape index (κ2) is 10.5. The summed E-state index contributed by atoms with van der Waals surface area (Å²) in [5.41, 5.74) is 2.98. The number of carbonyl (C=O) groups excluding carboxylic acids is 1. The van der Waals surface area contributed by atoms with Gasteiger partial charge >= 0.3 is 5.97 Å². The number of carbonyl (C=O) groups is 2. The van der Waals surface area contributed by atoms with Crippen molar-refractivity contribution in [2.45, 2.75) is 45.1 Å². The van der Waals surface area contributed by atoms with Gasteiger partial charge in [-0.1, -0.05) is 44.2 Å². The highest BCUT2D eigenvalue weighted by Gasteiger charge is 2.20. The molecule has 2 aromatic rings. The maximum absolute atomic E-state index is 12.5. The van der Waals surface area contributed by atoms with Crippen molar-refractivity contribution < 1.29 is 24.2 Å². The van der Waals surface area contributed by atoms with Crippen LogP contribution >= 0.6 is 0 Å². The van der Waals surface area contributed by atoms with E-state index in [1.807, 2.05) is 12.1 Å². The molecule has 0 saturated carbocycles. The Labute approximate surface area is 171 Å². The average molecular weight is 399 g/mol. The fourth-order valence-corrected chi connectivity index (χ4v) is 3.09. The Hall–Kier alpha value is -3.02. The molecular weight excluding hydrogens is 370 g/mol. The summed E-state index contributed by atoms with van der Waals surface area (Å²) < 4.78 is 10.5. The largest absolute Gasteiger partial charge is 0.493 e. The van der Waals surface area contributed by atoms with E-state index in [2.05, 4.69) is 31.3 Å². The van der Waals surface area contributed by atoms with Crippen molar-refractivity contribution in [2.24, 2.45) is 0 Å². The van der Waals surface area contributed by atoms with Crippen molar-refractivity contribution in [2.75, 3.05) is 14.2 Å². The van der Waals surface area contributed by atoms with Gasteiger partial charge in [-0.25, -0.2) is 0 Å². The van der Waals surface area contributed by atoms with Gasteiger partial charge in [-0.15, -0.1) is 0 Å². The molecule has 2 aromatic carbocycles. The van der Waals surface area contributed by atoms with Crippen LogP contribution in [0.25, 0.3) is 0 Å². The van der Waals surface area contributed by atoms with Crippen LogP contribution in [0.2, 0.25) is 0 Å². The maximum atomic E-state index is 12.5. The van der Waals surface area contributed by atoms with Crippen molar-refractivity contribution in [3.05, 3.63) is 59.2 Å². The molecule has 2 rings (SSSR count). The predicted molar refractivity (Wildman–Crippen MR) is 112 cm³/mol. The zero-order valence-electron chi connectivity index (χ0n) is 17.4. The molecule has 1 unspecified atom stereocenters. The van der Waals surface area contributed by atoms with Crippen molar-refractivity contribution in [3.8, 4) is 11.5 Å².